The Kier molecular flexibility index (Phi) is 7.14. The van der Waals surface area contributed by atoms with Crippen molar-refractivity contribution in [2.24, 2.45) is 0 Å². The van der Waals surface area contributed by atoms with E-state index in [2.05, 4.69) is 15.4 Å². The smallest absolute Gasteiger partial charge is 0.350 e. The topological polar surface area (TPSA) is 76.9 Å². The first-order valence-electron chi connectivity index (χ1n) is 9.79. The van der Waals surface area contributed by atoms with Crippen molar-refractivity contribution in [3.05, 3.63) is 74.7 Å². The lowest BCUT2D eigenvalue weighted by molar-refractivity contribution is -0.141. The van der Waals surface area contributed by atoms with Crippen LogP contribution in [0.1, 0.15) is 51.5 Å². The Hall–Kier alpha value is -2.91. The summed E-state index contributed by atoms with van der Waals surface area (Å²) in [5.41, 5.74) is -0.579. The molecule has 6 nitrogen and oxygen atoms in total. The van der Waals surface area contributed by atoms with Crippen molar-refractivity contribution >= 4 is 34.9 Å². The van der Waals surface area contributed by atoms with Gasteiger partial charge in [0.1, 0.15) is 5.69 Å². The van der Waals surface area contributed by atoms with Crippen LogP contribution in [0.3, 0.4) is 0 Å². The fraction of sp³-hybridized carbons (Fsp3) is 0.273. The van der Waals surface area contributed by atoms with Gasteiger partial charge in [-0.2, -0.15) is 18.3 Å². The number of aryl methyl sites for hydroxylation is 1. The molecule has 1 aromatic carbocycles. The summed E-state index contributed by atoms with van der Waals surface area (Å²) >= 11 is 12.2. The van der Waals surface area contributed by atoms with E-state index in [1.54, 1.807) is 26.8 Å². The normalized spacial score (nSPS) is 11.7. The van der Waals surface area contributed by atoms with Gasteiger partial charge in [0.25, 0.3) is 5.91 Å². The number of alkyl halides is 3. The number of carbonyl (C=O) groups is 2. The van der Waals surface area contributed by atoms with Crippen molar-refractivity contribution in [3.8, 4) is 5.82 Å². The van der Waals surface area contributed by atoms with Gasteiger partial charge in [-0.1, -0.05) is 23.2 Å². The first-order chi connectivity index (χ1) is 15.4. The minimum atomic E-state index is -4.79. The molecular formula is C22H19Cl2F3N4O2. The van der Waals surface area contributed by atoms with Crippen LogP contribution in [0.2, 0.25) is 10.0 Å². The van der Waals surface area contributed by atoms with Crippen LogP contribution in [0, 0.1) is 6.92 Å². The first-order valence-corrected chi connectivity index (χ1v) is 10.5. The molecule has 1 amide bonds. The van der Waals surface area contributed by atoms with Crippen LogP contribution < -0.4 is 5.32 Å². The van der Waals surface area contributed by atoms with Gasteiger partial charge >= 0.3 is 6.18 Å². The van der Waals surface area contributed by atoms with Gasteiger partial charge in [-0.15, -0.1) is 0 Å². The highest BCUT2D eigenvalue weighted by Crippen LogP contribution is 2.31. The highest BCUT2D eigenvalue weighted by atomic mass is 35.5. The number of benzene rings is 1. The maximum absolute atomic E-state index is 13.4. The summed E-state index contributed by atoms with van der Waals surface area (Å²) < 4.78 is 40.9. The Labute approximate surface area is 197 Å². The lowest BCUT2D eigenvalue weighted by Gasteiger charge is -2.15. The second-order valence-electron chi connectivity index (χ2n) is 7.61. The minimum Gasteiger partial charge on any atom is -0.350 e. The molecule has 11 heteroatoms. The molecular weight excluding hydrogens is 480 g/mol. The molecule has 2 aromatic heterocycles. The molecule has 0 radical (unpaired) electrons. The predicted octanol–water partition coefficient (Wildman–Crippen LogP) is 5.46. The summed E-state index contributed by atoms with van der Waals surface area (Å²) in [7, 11) is 0. The van der Waals surface area contributed by atoms with Gasteiger partial charge < -0.3 is 5.32 Å². The second kappa shape index (κ2) is 9.52. The molecule has 0 unspecified atom stereocenters. The van der Waals surface area contributed by atoms with Crippen LogP contribution in [0.15, 0.2) is 36.5 Å². The Bertz CT molecular complexity index is 1220. The zero-order valence-corrected chi connectivity index (χ0v) is 19.3. The van der Waals surface area contributed by atoms with Crippen LogP contribution in [0.4, 0.5) is 13.2 Å². The van der Waals surface area contributed by atoms with E-state index in [0.29, 0.717) is 22.2 Å². The third kappa shape index (κ3) is 5.54. The summed E-state index contributed by atoms with van der Waals surface area (Å²) in [5, 5.41) is 6.58. The lowest BCUT2D eigenvalue weighted by Crippen LogP contribution is -2.31. The first kappa shape index (κ1) is 24.7. The summed E-state index contributed by atoms with van der Waals surface area (Å²) in [4.78, 5) is 29.9. The molecule has 0 atom stereocenters. The average molecular weight is 499 g/mol. The van der Waals surface area contributed by atoms with Gasteiger partial charge in [-0.25, -0.2) is 9.67 Å². The number of Topliss-reactive ketones (excluding diaryl/α,β-unsaturated/α-hetero) is 1. The third-order valence-electron chi connectivity index (χ3n) is 4.66. The SMILES string of the molecule is Cc1cc(Cl)cc(C(=O)NC(C)C)c1CC(=O)c1cc(C(F)(F)F)nn1-c1ncccc1Cl. The Morgan fingerprint density at radius 1 is 1.18 bits per heavy atom. The number of nitrogens with zero attached hydrogens (tertiary/aromatic N) is 3. The van der Waals surface area contributed by atoms with Crippen LogP contribution in [0.25, 0.3) is 5.82 Å². The number of nitrogens with one attached hydrogen (secondary N) is 1. The van der Waals surface area contributed by atoms with E-state index in [9.17, 15) is 22.8 Å². The third-order valence-corrected chi connectivity index (χ3v) is 5.18. The molecule has 0 saturated carbocycles. The number of amides is 1. The van der Waals surface area contributed by atoms with Crippen LogP contribution in [-0.4, -0.2) is 32.5 Å². The summed E-state index contributed by atoms with van der Waals surface area (Å²) in [5.74, 6) is -1.27. The zero-order valence-electron chi connectivity index (χ0n) is 17.8. The van der Waals surface area contributed by atoms with Crippen molar-refractivity contribution in [2.75, 3.05) is 0 Å². The molecule has 33 heavy (non-hydrogen) atoms. The second-order valence-corrected chi connectivity index (χ2v) is 8.45. The highest BCUT2D eigenvalue weighted by molar-refractivity contribution is 6.32. The molecule has 0 aliphatic heterocycles. The minimum absolute atomic E-state index is 0.0167. The number of pyridine rings is 1. The fourth-order valence-corrected chi connectivity index (χ4v) is 3.69. The molecule has 3 aromatic rings. The van der Waals surface area contributed by atoms with Crippen molar-refractivity contribution < 1.29 is 22.8 Å². The van der Waals surface area contributed by atoms with Crippen LogP contribution >= 0.6 is 23.2 Å². The van der Waals surface area contributed by atoms with Gasteiger partial charge in [-0.05, 0) is 56.2 Å². The van der Waals surface area contributed by atoms with Gasteiger partial charge in [-0.3, -0.25) is 9.59 Å². The molecule has 2 heterocycles. The summed E-state index contributed by atoms with van der Waals surface area (Å²) in [6.07, 6.45) is -3.83. The monoisotopic (exact) mass is 498 g/mol. The summed E-state index contributed by atoms with van der Waals surface area (Å²) in [6.45, 7) is 5.20. The standard InChI is InChI=1S/C22H19Cl2F3N4O2/c1-11(2)29-21(33)15-8-13(23)7-12(3)14(15)9-18(32)17-10-19(22(25,26)27)30-31(17)20-16(24)5-4-6-28-20/h4-8,10-11H,9H2,1-3H3,(H,29,33). The van der Waals surface area contributed by atoms with Crippen LogP contribution in [0.5, 0.6) is 0 Å². The quantitative estimate of drug-likeness (QED) is 0.457. The van der Waals surface area contributed by atoms with E-state index in [1.165, 1.54) is 24.4 Å². The van der Waals surface area contributed by atoms with Crippen molar-refractivity contribution in [1.29, 1.82) is 0 Å². The van der Waals surface area contributed by atoms with Crippen molar-refractivity contribution in [2.45, 2.75) is 39.4 Å². The molecule has 0 aliphatic carbocycles. The number of hydrogen-bond donors (Lipinski definition) is 1. The van der Waals surface area contributed by atoms with Gasteiger partial charge in [0.15, 0.2) is 17.3 Å². The number of halogens is 5. The Balaban J connectivity index is 2.10. The largest absolute Gasteiger partial charge is 0.435 e. The lowest BCUT2D eigenvalue weighted by atomic mass is 9.95. The molecule has 0 saturated heterocycles. The molecule has 0 spiro atoms. The van der Waals surface area contributed by atoms with E-state index >= 15 is 0 Å². The van der Waals surface area contributed by atoms with Crippen molar-refractivity contribution in [3.63, 3.8) is 0 Å². The molecule has 174 valence electrons. The maximum atomic E-state index is 13.4. The fourth-order valence-electron chi connectivity index (χ4n) is 3.21. The molecule has 0 bridgehead atoms. The van der Waals surface area contributed by atoms with E-state index in [0.717, 1.165) is 4.68 Å². The molecule has 0 aliphatic rings. The van der Waals surface area contributed by atoms with E-state index in [1.807, 2.05) is 0 Å². The highest BCUT2D eigenvalue weighted by Gasteiger charge is 2.36. The zero-order chi connectivity index (χ0) is 24.5. The van der Waals surface area contributed by atoms with Crippen LogP contribution in [-0.2, 0) is 12.6 Å². The summed E-state index contributed by atoms with van der Waals surface area (Å²) in [6, 6.07) is 6.38. The van der Waals surface area contributed by atoms with E-state index < -0.39 is 23.6 Å². The molecule has 3 rings (SSSR count). The number of hydrogen-bond acceptors (Lipinski definition) is 4. The average Bonchev–Trinajstić information content (AvgIpc) is 3.15. The predicted molar refractivity (Wildman–Crippen MR) is 118 cm³/mol. The molecule has 1 N–H and O–H groups in total. The Morgan fingerprint density at radius 3 is 2.48 bits per heavy atom. The molecule has 0 fully saturated rings. The number of rotatable bonds is 6. The van der Waals surface area contributed by atoms with E-state index in [4.69, 9.17) is 23.2 Å². The van der Waals surface area contributed by atoms with Gasteiger partial charge in [0, 0.05) is 35.3 Å². The van der Waals surface area contributed by atoms with Crippen molar-refractivity contribution in [1.82, 2.24) is 20.1 Å². The maximum Gasteiger partial charge on any atom is 0.435 e. The van der Waals surface area contributed by atoms with Gasteiger partial charge in [0.05, 0.1) is 5.02 Å². The number of ketones is 1. The van der Waals surface area contributed by atoms with Gasteiger partial charge in [0.2, 0.25) is 0 Å². The number of aromatic nitrogens is 3. The number of carbonyl (C=O) groups excluding carboxylic acids is 2. The Morgan fingerprint density at radius 2 is 1.88 bits per heavy atom. The van der Waals surface area contributed by atoms with E-state index in [-0.39, 0.29) is 34.6 Å².